The number of benzene rings is 1. The van der Waals surface area contributed by atoms with Gasteiger partial charge in [0.1, 0.15) is 6.33 Å². The largest absolute Gasteiger partial charge is 0.323 e. The molecule has 21 heavy (non-hydrogen) atoms. The summed E-state index contributed by atoms with van der Waals surface area (Å²) in [4.78, 5) is 8.96. The molecule has 2 N–H and O–H groups in total. The highest BCUT2D eigenvalue weighted by Gasteiger charge is 2.09. The molecule has 4 heteroatoms. The first-order valence-electron chi connectivity index (χ1n) is 7.26. The van der Waals surface area contributed by atoms with Crippen LogP contribution in [0.1, 0.15) is 36.2 Å². The highest BCUT2D eigenvalue weighted by molar-refractivity contribution is 5.79. The summed E-state index contributed by atoms with van der Waals surface area (Å²) in [5.41, 5.74) is 12.6. The minimum Gasteiger partial charge on any atom is -0.323 e. The molecule has 1 aromatic carbocycles. The summed E-state index contributed by atoms with van der Waals surface area (Å²) in [6.07, 6.45) is 4.60. The molecule has 108 valence electrons. The first kappa shape index (κ1) is 13.8. The van der Waals surface area contributed by atoms with Crippen LogP contribution in [-0.2, 0) is 0 Å². The lowest BCUT2D eigenvalue weighted by Gasteiger charge is -2.10. The van der Waals surface area contributed by atoms with Gasteiger partial charge in [0.05, 0.1) is 28.6 Å². The number of pyridine rings is 1. The van der Waals surface area contributed by atoms with Gasteiger partial charge in [-0.15, -0.1) is 0 Å². The van der Waals surface area contributed by atoms with Crippen LogP contribution in [0, 0.1) is 13.8 Å². The van der Waals surface area contributed by atoms with Gasteiger partial charge in [0, 0.05) is 6.04 Å². The number of fused-ring (bicyclic) bond motifs is 1. The Hall–Kier alpha value is -2.20. The molecular formula is C17H20N4. The second kappa shape index (κ2) is 5.30. The first-order chi connectivity index (χ1) is 10.1. The number of hydrogen-bond acceptors (Lipinski definition) is 3. The van der Waals surface area contributed by atoms with Crippen LogP contribution in [0.4, 0.5) is 0 Å². The Bertz CT molecular complexity index is 771. The van der Waals surface area contributed by atoms with Gasteiger partial charge < -0.3 is 5.73 Å². The van der Waals surface area contributed by atoms with Crippen molar-refractivity contribution in [3.05, 3.63) is 53.6 Å². The van der Waals surface area contributed by atoms with Crippen LogP contribution in [0.25, 0.3) is 16.7 Å². The van der Waals surface area contributed by atoms with Gasteiger partial charge in [-0.3, -0.25) is 9.55 Å². The standard InChI is InChI=1S/C17H20N4/c1-4-14(18)15-6-5-13(9-19-15)21-10-20-16-7-11(2)12(3)8-17(16)21/h5-10,14H,4,18H2,1-3H3. The van der Waals surface area contributed by atoms with E-state index in [-0.39, 0.29) is 6.04 Å². The van der Waals surface area contributed by atoms with Crippen LogP contribution >= 0.6 is 0 Å². The van der Waals surface area contributed by atoms with Gasteiger partial charge in [-0.2, -0.15) is 0 Å². The zero-order valence-corrected chi connectivity index (χ0v) is 12.7. The van der Waals surface area contributed by atoms with E-state index in [1.54, 1.807) is 0 Å². The smallest absolute Gasteiger partial charge is 0.100 e. The van der Waals surface area contributed by atoms with Crippen molar-refractivity contribution in [3.8, 4) is 5.69 Å². The maximum Gasteiger partial charge on any atom is 0.100 e. The Morgan fingerprint density at radius 1 is 1.14 bits per heavy atom. The quantitative estimate of drug-likeness (QED) is 0.799. The Labute approximate surface area is 124 Å². The number of rotatable bonds is 3. The number of nitrogens with two attached hydrogens (primary N) is 1. The number of aromatic nitrogens is 3. The highest BCUT2D eigenvalue weighted by atomic mass is 15.1. The van der Waals surface area contributed by atoms with Gasteiger partial charge in [0.25, 0.3) is 0 Å². The summed E-state index contributed by atoms with van der Waals surface area (Å²) in [6, 6.07) is 8.34. The lowest BCUT2D eigenvalue weighted by Crippen LogP contribution is -2.10. The topological polar surface area (TPSA) is 56.7 Å². The normalized spacial score (nSPS) is 12.8. The predicted molar refractivity (Wildman–Crippen MR) is 85.6 cm³/mol. The SMILES string of the molecule is CCC(N)c1ccc(-n2cnc3cc(C)c(C)cc32)cn1. The number of nitrogens with zero attached hydrogens (tertiary/aromatic N) is 3. The number of imidazole rings is 1. The summed E-state index contributed by atoms with van der Waals surface area (Å²) in [6.45, 7) is 6.29. The third-order valence-electron chi connectivity index (χ3n) is 4.03. The van der Waals surface area contributed by atoms with Crippen molar-refractivity contribution >= 4 is 11.0 Å². The van der Waals surface area contributed by atoms with Crippen LogP contribution in [0.3, 0.4) is 0 Å². The van der Waals surface area contributed by atoms with Gasteiger partial charge >= 0.3 is 0 Å². The van der Waals surface area contributed by atoms with E-state index in [9.17, 15) is 0 Å². The Balaban J connectivity index is 2.06. The van der Waals surface area contributed by atoms with Gasteiger partial charge in [0.2, 0.25) is 0 Å². The van der Waals surface area contributed by atoms with E-state index in [1.807, 2.05) is 24.7 Å². The van der Waals surface area contributed by atoms with Gasteiger partial charge in [-0.05, 0) is 55.7 Å². The van der Waals surface area contributed by atoms with Crippen molar-refractivity contribution in [2.75, 3.05) is 0 Å². The molecule has 0 amide bonds. The van der Waals surface area contributed by atoms with Crippen molar-refractivity contribution in [1.82, 2.24) is 14.5 Å². The summed E-state index contributed by atoms with van der Waals surface area (Å²) in [7, 11) is 0. The summed E-state index contributed by atoms with van der Waals surface area (Å²) < 4.78 is 2.07. The molecule has 0 aliphatic heterocycles. The fraction of sp³-hybridized carbons (Fsp3) is 0.294. The summed E-state index contributed by atoms with van der Waals surface area (Å²) >= 11 is 0. The maximum atomic E-state index is 6.01. The fourth-order valence-electron chi connectivity index (χ4n) is 2.44. The number of aryl methyl sites for hydroxylation is 2. The lowest BCUT2D eigenvalue weighted by molar-refractivity contribution is 0.675. The lowest BCUT2D eigenvalue weighted by atomic mass is 10.1. The Kier molecular flexibility index (Phi) is 3.47. The van der Waals surface area contributed by atoms with E-state index < -0.39 is 0 Å². The predicted octanol–water partition coefficient (Wildman–Crippen LogP) is 3.45. The van der Waals surface area contributed by atoms with Crippen molar-refractivity contribution < 1.29 is 0 Å². The first-order valence-corrected chi connectivity index (χ1v) is 7.26. The third-order valence-corrected chi connectivity index (χ3v) is 4.03. The molecule has 2 aromatic heterocycles. The summed E-state index contributed by atoms with van der Waals surface area (Å²) in [5, 5.41) is 0. The van der Waals surface area contributed by atoms with E-state index in [4.69, 9.17) is 5.73 Å². The van der Waals surface area contributed by atoms with E-state index in [0.29, 0.717) is 0 Å². The Morgan fingerprint density at radius 3 is 2.57 bits per heavy atom. The zero-order chi connectivity index (χ0) is 15.0. The van der Waals surface area contributed by atoms with Crippen LogP contribution in [0.15, 0.2) is 36.8 Å². The van der Waals surface area contributed by atoms with Crippen LogP contribution in [0.5, 0.6) is 0 Å². The van der Waals surface area contributed by atoms with E-state index in [1.165, 1.54) is 11.1 Å². The minimum absolute atomic E-state index is 0.00322. The maximum absolute atomic E-state index is 6.01. The van der Waals surface area contributed by atoms with Gasteiger partial charge in [0.15, 0.2) is 0 Å². The van der Waals surface area contributed by atoms with E-state index in [2.05, 4.69) is 47.4 Å². The molecule has 1 unspecified atom stereocenters. The van der Waals surface area contributed by atoms with Gasteiger partial charge in [-0.25, -0.2) is 4.98 Å². The van der Waals surface area contributed by atoms with Crippen LogP contribution in [-0.4, -0.2) is 14.5 Å². The molecule has 4 nitrogen and oxygen atoms in total. The monoisotopic (exact) mass is 280 g/mol. The molecule has 0 saturated heterocycles. The van der Waals surface area contributed by atoms with E-state index in [0.717, 1.165) is 28.8 Å². The molecule has 0 spiro atoms. The zero-order valence-electron chi connectivity index (χ0n) is 12.7. The molecule has 3 rings (SSSR count). The van der Waals surface area contributed by atoms with Crippen LogP contribution < -0.4 is 5.73 Å². The average Bonchev–Trinajstić information content (AvgIpc) is 2.90. The number of hydrogen-bond donors (Lipinski definition) is 1. The highest BCUT2D eigenvalue weighted by Crippen LogP contribution is 2.22. The molecule has 0 aliphatic carbocycles. The second-order valence-corrected chi connectivity index (χ2v) is 5.50. The minimum atomic E-state index is 0.00322. The molecule has 0 radical (unpaired) electrons. The molecule has 0 bridgehead atoms. The van der Waals surface area contributed by atoms with E-state index >= 15 is 0 Å². The van der Waals surface area contributed by atoms with Crippen molar-refractivity contribution in [2.24, 2.45) is 5.73 Å². The third kappa shape index (κ3) is 2.43. The fourth-order valence-corrected chi connectivity index (χ4v) is 2.44. The molecule has 3 aromatic rings. The van der Waals surface area contributed by atoms with Gasteiger partial charge in [-0.1, -0.05) is 6.92 Å². The molecule has 0 saturated carbocycles. The molecule has 1 atom stereocenters. The van der Waals surface area contributed by atoms with Crippen LogP contribution in [0.2, 0.25) is 0 Å². The second-order valence-electron chi connectivity index (χ2n) is 5.50. The molecule has 2 heterocycles. The van der Waals surface area contributed by atoms with Crippen molar-refractivity contribution in [2.45, 2.75) is 33.2 Å². The average molecular weight is 280 g/mol. The molecular weight excluding hydrogens is 260 g/mol. The summed E-state index contributed by atoms with van der Waals surface area (Å²) in [5.74, 6) is 0. The van der Waals surface area contributed by atoms with Crippen molar-refractivity contribution in [1.29, 1.82) is 0 Å². The molecule has 0 fully saturated rings. The Morgan fingerprint density at radius 2 is 1.90 bits per heavy atom. The van der Waals surface area contributed by atoms with Crippen molar-refractivity contribution in [3.63, 3.8) is 0 Å². The molecule has 0 aliphatic rings.